The SMILES string of the molecule is COc1ccc(C(=O)NCC(=O)NC(C)c2ccccc2C)cc1OC. The first-order valence-electron chi connectivity index (χ1n) is 8.31. The van der Waals surface area contributed by atoms with Crippen molar-refractivity contribution in [2.24, 2.45) is 0 Å². The lowest BCUT2D eigenvalue weighted by Crippen LogP contribution is -2.38. The minimum absolute atomic E-state index is 0.108. The molecule has 0 fully saturated rings. The van der Waals surface area contributed by atoms with Gasteiger partial charge in [-0.15, -0.1) is 0 Å². The van der Waals surface area contributed by atoms with Crippen LogP contribution in [-0.4, -0.2) is 32.6 Å². The van der Waals surface area contributed by atoms with E-state index in [1.54, 1.807) is 18.2 Å². The number of hydrogen-bond acceptors (Lipinski definition) is 4. The van der Waals surface area contributed by atoms with E-state index in [1.165, 1.54) is 14.2 Å². The molecule has 6 heteroatoms. The van der Waals surface area contributed by atoms with Gasteiger partial charge >= 0.3 is 0 Å². The van der Waals surface area contributed by atoms with Gasteiger partial charge in [0, 0.05) is 5.56 Å². The molecular weight excluding hydrogens is 332 g/mol. The lowest BCUT2D eigenvalue weighted by molar-refractivity contribution is -0.120. The molecule has 0 aliphatic heterocycles. The molecule has 1 atom stereocenters. The van der Waals surface area contributed by atoms with Crippen LogP contribution in [0.3, 0.4) is 0 Å². The summed E-state index contributed by atoms with van der Waals surface area (Å²) in [6, 6.07) is 12.6. The fourth-order valence-electron chi connectivity index (χ4n) is 2.68. The molecular formula is C20H24N2O4. The molecule has 2 N–H and O–H groups in total. The zero-order chi connectivity index (χ0) is 19.1. The van der Waals surface area contributed by atoms with Gasteiger partial charge in [0.2, 0.25) is 5.91 Å². The molecule has 2 amide bonds. The predicted octanol–water partition coefficient (Wildman–Crippen LogP) is 2.62. The number of nitrogens with one attached hydrogen (secondary N) is 2. The zero-order valence-corrected chi connectivity index (χ0v) is 15.5. The van der Waals surface area contributed by atoms with E-state index in [0.717, 1.165) is 11.1 Å². The van der Waals surface area contributed by atoms with Crippen molar-refractivity contribution in [1.82, 2.24) is 10.6 Å². The topological polar surface area (TPSA) is 76.7 Å². The van der Waals surface area contributed by atoms with Crippen LogP contribution in [0, 0.1) is 6.92 Å². The number of aryl methyl sites for hydroxylation is 1. The van der Waals surface area contributed by atoms with E-state index in [1.807, 2.05) is 38.1 Å². The van der Waals surface area contributed by atoms with Crippen LogP contribution in [0.25, 0.3) is 0 Å². The van der Waals surface area contributed by atoms with Crippen molar-refractivity contribution >= 4 is 11.8 Å². The second kappa shape index (κ2) is 8.89. The molecule has 0 aliphatic rings. The van der Waals surface area contributed by atoms with Crippen molar-refractivity contribution < 1.29 is 19.1 Å². The first-order chi connectivity index (χ1) is 12.5. The third-order valence-corrected chi connectivity index (χ3v) is 4.09. The van der Waals surface area contributed by atoms with Crippen LogP contribution in [0.15, 0.2) is 42.5 Å². The second-order valence-electron chi connectivity index (χ2n) is 5.90. The van der Waals surface area contributed by atoms with Crippen molar-refractivity contribution in [3.63, 3.8) is 0 Å². The van der Waals surface area contributed by atoms with Gasteiger partial charge in [0.25, 0.3) is 5.91 Å². The monoisotopic (exact) mass is 356 g/mol. The van der Waals surface area contributed by atoms with Gasteiger partial charge in [0.15, 0.2) is 11.5 Å². The molecule has 0 aliphatic carbocycles. The Kier molecular flexibility index (Phi) is 6.60. The molecule has 2 aromatic carbocycles. The Hall–Kier alpha value is -3.02. The molecule has 0 saturated carbocycles. The Morgan fingerprint density at radius 1 is 1.04 bits per heavy atom. The summed E-state index contributed by atoms with van der Waals surface area (Å²) in [5, 5.41) is 5.50. The molecule has 0 heterocycles. The lowest BCUT2D eigenvalue weighted by Gasteiger charge is -2.17. The first kappa shape index (κ1) is 19.3. The summed E-state index contributed by atoms with van der Waals surface area (Å²) in [5.74, 6) is 0.380. The van der Waals surface area contributed by atoms with E-state index >= 15 is 0 Å². The van der Waals surface area contributed by atoms with Gasteiger partial charge < -0.3 is 20.1 Å². The highest BCUT2D eigenvalue weighted by Crippen LogP contribution is 2.27. The number of amides is 2. The molecule has 0 aromatic heterocycles. The molecule has 6 nitrogen and oxygen atoms in total. The highest BCUT2D eigenvalue weighted by atomic mass is 16.5. The summed E-state index contributed by atoms with van der Waals surface area (Å²) in [7, 11) is 3.03. The lowest BCUT2D eigenvalue weighted by atomic mass is 10.0. The van der Waals surface area contributed by atoms with Crippen LogP contribution in [0.2, 0.25) is 0 Å². The standard InChI is InChI=1S/C20H24N2O4/c1-13-7-5-6-8-16(13)14(2)22-19(23)12-21-20(24)15-9-10-17(25-3)18(11-15)26-4/h5-11,14H,12H2,1-4H3,(H,21,24)(H,22,23). The van der Waals surface area contributed by atoms with Crippen LogP contribution in [0.5, 0.6) is 11.5 Å². The predicted molar refractivity (Wildman–Crippen MR) is 99.6 cm³/mol. The summed E-state index contributed by atoms with van der Waals surface area (Å²) < 4.78 is 10.3. The third-order valence-electron chi connectivity index (χ3n) is 4.09. The summed E-state index contributed by atoms with van der Waals surface area (Å²) in [6.45, 7) is 3.80. The van der Waals surface area contributed by atoms with Gasteiger partial charge in [-0.3, -0.25) is 9.59 Å². The molecule has 2 aromatic rings. The number of ether oxygens (including phenoxy) is 2. The van der Waals surface area contributed by atoms with Crippen LogP contribution >= 0.6 is 0 Å². The molecule has 0 radical (unpaired) electrons. The first-order valence-corrected chi connectivity index (χ1v) is 8.31. The zero-order valence-electron chi connectivity index (χ0n) is 15.5. The summed E-state index contributed by atoms with van der Waals surface area (Å²) in [5.41, 5.74) is 2.55. The van der Waals surface area contributed by atoms with Crippen LogP contribution in [0.1, 0.15) is 34.5 Å². The van der Waals surface area contributed by atoms with E-state index in [4.69, 9.17) is 9.47 Å². The summed E-state index contributed by atoms with van der Waals surface area (Å²) in [4.78, 5) is 24.4. The normalized spacial score (nSPS) is 11.4. The maximum atomic E-state index is 12.2. The van der Waals surface area contributed by atoms with Gasteiger partial charge in [-0.1, -0.05) is 24.3 Å². The Balaban J connectivity index is 1.93. The van der Waals surface area contributed by atoms with Crippen LogP contribution in [-0.2, 0) is 4.79 Å². The minimum atomic E-state index is -0.357. The molecule has 138 valence electrons. The Morgan fingerprint density at radius 3 is 2.38 bits per heavy atom. The Morgan fingerprint density at radius 2 is 1.73 bits per heavy atom. The molecule has 0 saturated heterocycles. The number of hydrogen-bond donors (Lipinski definition) is 2. The number of methoxy groups -OCH3 is 2. The number of rotatable bonds is 7. The highest BCUT2D eigenvalue weighted by Gasteiger charge is 2.14. The van der Waals surface area contributed by atoms with Crippen molar-refractivity contribution in [3.05, 3.63) is 59.2 Å². The number of benzene rings is 2. The quantitative estimate of drug-likeness (QED) is 0.800. The van der Waals surface area contributed by atoms with E-state index in [2.05, 4.69) is 10.6 Å². The van der Waals surface area contributed by atoms with Crippen LogP contribution < -0.4 is 20.1 Å². The van der Waals surface area contributed by atoms with Gasteiger partial charge in [0.1, 0.15) is 0 Å². The molecule has 0 bridgehead atoms. The maximum absolute atomic E-state index is 12.2. The Bertz CT molecular complexity index is 789. The van der Waals surface area contributed by atoms with Crippen molar-refractivity contribution in [2.75, 3.05) is 20.8 Å². The average Bonchev–Trinajstić information content (AvgIpc) is 2.65. The Labute approximate surface area is 153 Å². The summed E-state index contributed by atoms with van der Waals surface area (Å²) >= 11 is 0. The van der Waals surface area contributed by atoms with E-state index in [-0.39, 0.29) is 24.4 Å². The van der Waals surface area contributed by atoms with Crippen molar-refractivity contribution in [3.8, 4) is 11.5 Å². The van der Waals surface area contributed by atoms with Crippen LogP contribution in [0.4, 0.5) is 0 Å². The van der Waals surface area contributed by atoms with Gasteiger partial charge in [0.05, 0.1) is 26.8 Å². The number of carbonyl (C=O) groups is 2. The van der Waals surface area contributed by atoms with E-state index < -0.39 is 0 Å². The highest BCUT2D eigenvalue weighted by molar-refractivity contribution is 5.97. The molecule has 1 unspecified atom stereocenters. The van der Waals surface area contributed by atoms with Gasteiger partial charge in [-0.25, -0.2) is 0 Å². The minimum Gasteiger partial charge on any atom is -0.493 e. The number of carbonyl (C=O) groups excluding carboxylic acids is 2. The largest absolute Gasteiger partial charge is 0.493 e. The molecule has 0 spiro atoms. The third kappa shape index (κ3) is 4.75. The average molecular weight is 356 g/mol. The molecule has 26 heavy (non-hydrogen) atoms. The van der Waals surface area contributed by atoms with Crippen molar-refractivity contribution in [1.29, 1.82) is 0 Å². The fraction of sp³-hybridized carbons (Fsp3) is 0.300. The summed E-state index contributed by atoms with van der Waals surface area (Å²) in [6.07, 6.45) is 0. The smallest absolute Gasteiger partial charge is 0.251 e. The van der Waals surface area contributed by atoms with E-state index in [9.17, 15) is 9.59 Å². The fourth-order valence-corrected chi connectivity index (χ4v) is 2.68. The maximum Gasteiger partial charge on any atom is 0.251 e. The van der Waals surface area contributed by atoms with Crippen molar-refractivity contribution in [2.45, 2.75) is 19.9 Å². The van der Waals surface area contributed by atoms with Gasteiger partial charge in [-0.05, 0) is 43.2 Å². The van der Waals surface area contributed by atoms with Gasteiger partial charge in [-0.2, -0.15) is 0 Å². The molecule has 2 rings (SSSR count). The second-order valence-corrected chi connectivity index (χ2v) is 5.90. The van der Waals surface area contributed by atoms with E-state index in [0.29, 0.717) is 17.1 Å².